The second-order valence-electron chi connectivity index (χ2n) is 16.9. The zero-order chi connectivity index (χ0) is 41.9. The molecule has 2 atom stereocenters. The average molecular weight is 805 g/mol. The molecule has 0 bridgehead atoms. The Morgan fingerprint density at radius 2 is 1.02 bits per heavy atom. The molecule has 1 heterocycles. The normalized spacial score (nSPS) is 14.8. The molecule has 0 N–H and O–H groups in total. The van der Waals surface area contributed by atoms with Crippen LogP contribution in [0.25, 0.3) is 65.6 Å². The van der Waals surface area contributed by atoms with Crippen molar-refractivity contribution in [1.29, 1.82) is 0 Å². The van der Waals surface area contributed by atoms with E-state index in [1.54, 1.807) is 0 Å². The van der Waals surface area contributed by atoms with Gasteiger partial charge in [0.25, 0.3) is 0 Å². The lowest BCUT2D eigenvalue weighted by Crippen LogP contribution is -2.17. The zero-order valence-electron chi connectivity index (χ0n) is 35.1. The Labute approximate surface area is 368 Å². The highest BCUT2D eigenvalue weighted by molar-refractivity contribution is 6.09. The third-order valence-corrected chi connectivity index (χ3v) is 13.3. The predicted octanol–water partition coefficient (Wildman–Crippen LogP) is 16.6. The van der Waals surface area contributed by atoms with Gasteiger partial charge in [-0.05, 0) is 121 Å². The van der Waals surface area contributed by atoms with Crippen LogP contribution in [0.4, 0.5) is 17.1 Å². The number of benzene rings is 10. The molecule has 2 nitrogen and oxygen atoms in total. The van der Waals surface area contributed by atoms with Gasteiger partial charge < -0.3 is 9.47 Å². The number of aromatic nitrogens is 1. The fourth-order valence-electron chi connectivity index (χ4n) is 10.3. The summed E-state index contributed by atoms with van der Waals surface area (Å²) >= 11 is 0. The molecule has 2 heteroatoms. The molecule has 298 valence electrons. The zero-order valence-corrected chi connectivity index (χ0v) is 35.1. The van der Waals surface area contributed by atoms with Crippen LogP contribution < -0.4 is 4.90 Å². The van der Waals surface area contributed by atoms with Gasteiger partial charge in [-0.2, -0.15) is 0 Å². The molecule has 0 saturated heterocycles. The van der Waals surface area contributed by atoms with Gasteiger partial charge in [-0.15, -0.1) is 0 Å². The highest BCUT2D eigenvalue weighted by atomic mass is 15.1. The van der Waals surface area contributed by atoms with Crippen LogP contribution in [0.5, 0.6) is 0 Å². The molecule has 1 aromatic heterocycles. The Kier molecular flexibility index (Phi) is 8.90. The van der Waals surface area contributed by atoms with E-state index < -0.39 is 0 Å². The van der Waals surface area contributed by atoms with Crippen molar-refractivity contribution in [2.45, 2.75) is 18.8 Å². The van der Waals surface area contributed by atoms with Crippen molar-refractivity contribution in [2.24, 2.45) is 0 Å². The number of hydrogen-bond acceptors (Lipinski definition) is 1. The van der Waals surface area contributed by atoms with Crippen LogP contribution in [0.15, 0.2) is 237 Å². The van der Waals surface area contributed by atoms with E-state index in [0.717, 1.165) is 17.1 Å². The molecular formula is C61H44N2. The van der Waals surface area contributed by atoms with Gasteiger partial charge >= 0.3 is 0 Å². The van der Waals surface area contributed by atoms with E-state index in [4.69, 9.17) is 0 Å². The molecule has 63 heavy (non-hydrogen) atoms. The first-order valence-corrected chi connectivity index (χ1v) is 22.0. The lowest BCUT2D eigenvalue weighted by Gasteiger charge is -2.31. The van der Waals surface area contributed by atoms with Gasteiger partial charge in [0.15, 0.2) is 0 Å². The molecule has 12 rings (SSSR count). The predicted molar refractivity (Wildman–Crippen MR) is 267 cm³/mol. The van der Waals surface area contributed by atoms with Crippen LogP contribution in [0.2, 0.25) is 0 Å². The second-order valence-corrected chi connectivity index (χ2v) is 16.9. The van der Waals surface area contributed by atoms with Gasteiger partial charge in [-0.25, -0.2) is 0 Å². The van der Waals surface area contributed by atoms with Gasteiger partial charge in [-0.1, -0.05) is 183 Å². The minimum absolute atomic E-state index is 0.179. The fourth-order valence-corrected chi connectivity index (χ4v) is 10.3. The molecule has 0 radical (unpaired) electrons. The Hall–Kier alpha value is -7.94. The van der Waals surface area contributed by atoms with Crippen molar-refractivity contribution in [2.75, 3.05) is 4.90 Å². The number of anilines is 3. The quantitative estimate of drug-likeness (QED) is 0.146. The van der Waals surface area contributed by atoms with E-state index in [1.807, 2.05) is 0 Å². The van der Waals surface area contributed by atoms with Gasteiger partial charge in [0.2, 0.25) is 0 Å². The van der Waals surface area contributed by atoms with Crippen LogP contribution in [0, 0.1) is 0 Å². The molecule has 0 amide bonds. The maximum Gasteiger partial charge on any atom is 0.0538 e. The standard InChI is InChI=1S/C61H44N2/c1-41-57(44-16-4-2-5-17-44)40-58(60-56-25-12-13-26-59(56)63(61(41)60)50-21-6-3-7-22-50)48-20-14-23-52(38-48)62(53-35-36-55-49(39-53)30-28-45-18-10-11-24-54(45)55)51-33-31-43(32-34-51)47-29-27-42-15-8-9-19-46(42)37-47/h2-41,57H,1H3. The Bertz CT molecular complexity index is 3520. The van der Waals surface area contributed by atoms with E-state index in [9.17, 15) is 0 Å². The van der Waals surface area contributed by atoms with Crippen molar-refractivity contribution < 1.29 is 0 Å². The van der Waals surface area contributed by atoms with E-state index in [2.05, 4.69) is 253 Å². The molecule has 10 aromatic carbocycles. The first-order chi connectivity index (χ1) is 31.2. The number of nitrogens with zero attached hydrogens (tertiary/aromatic N) is 2. The molecule has 1 aliphatic rings. The highest BCUT2D eigenvalue weighted by Gasteiger charge is 2.34. The minimum Gasteiger partial charge on any atom is -0.313 e. The number of rotatable bonds is 7. The third kappa shape index (κ3) is 6.34. The first-order valence-electron chi connectivity index (χ1n) is 22.0. The summed E-state index contributed by atoms with van der Waals surface area (Å²) in [4.78, 5) is 2.43. The average Bonchev–Trinajstić information content (AvgIpc) is 3.71. The Morgan fingerprint density at radius 3 is 1.84 bits per heavy atom. The SMILES string of the molecule is CC1c2c(c3ccccc3n2-c2ccccc2)C(c2cccc(N(c3ccc(-c4ccc5ccccc5c4)cc3)c3ccc4c(ccc5ccccc54)c3)c2)=CC1c1ccccc1. The van der Waals surface area contributed by atoms with Crippen LogP contribution in [0.1, 0.15) is 41.1 Å². The topological polar surface area (TPSA) is 8.17 Å². The third-order valence-electron chi connectivity index (χ3n) is 13.3. The number of para-hydroxylation sites is 2. The monoisotopic (exact) mass is 804 g/mol. The second kappa shape index (κ2) is 15.2. The molecule has 0 fully saturated rings. The van der Waals surface area contributed by atoms with Crippen molar-refractivity contribution in [3.8, 4) is 16.8 Å². The Balaban J connectivity index is 1.05. The summed E-state index contributed by atoms with van der Waals surface area (Å²) in [5.41, 5.74) is 14.6. The van der Waals surface area contributed by atoms with E-state index in [1.165, 1.54) is 88.0 Å². The number of hydrogen-bond donors (Lipinski definition) is 0. The maximum absolute atomic E-state index is 2.55. The van der Waals surface area contributed by atoms with Crippen LogP contribution in [-0.2, 0) is 0 Å². The van der Waals surface area contributed by atoms with Crippen molar-refractivity contribution in [3.63, 3.8) is 0 Å². The summed E-state index contributed by atoms with van der Waals surface area (Å²) in [6, 6.07) is 84.7. The molecule has 0 aliphatic heterocycles. The van der Waals surface area contributed by atoms with Gasteiger partial charge in [0.05, 0.1) is 5.52 Å². The lowest BCUT2D eigenvalue weighted by molar-refractivity contribution is 0.637. The highest BCUT2D eigenvalue weighted by Crippen LogP contribution is 2.51. The lowest BCUT2D eigenvalue weighted by atomic mass is 9.75. The number of allylic oxidation sites excluding steroid dienone is 1. The van der Waals surface area contributed by atoms with E-state index >= 15 is 0 Å². The summed E-state index contributed by atoms with van der Waals surface area (Å²) in [6.07, 6.45) is 2.55. The van der Waals surface area contributed by atoms with Gasteiger partial charge in [0.1, 0.15) is 0 Å². The van der Waals surface area contributed by atoms with Gasteiger partial charge in [0, 0.05) is 51.2 Å². The molecule has 0 saturated carbocycles. The van der Waals surface area contributed by atoms with Crippen molar-refractivity contribution in [1.82, 2.24) is 4.57 Å². The molecule has 0 spiro atoms. The summed E-state index contributed by atoms with van der Waals surface area (Å²) in [7, 11) is 0. The fraction of sp³-hybridized carbons (Fsp3) is 0.0492. The van der Waals surface area contributed by atoms with Crippen LogP contribution >= 0.6 is 0 Å². The van der Waals surface area contributed by atoms with Crippen LogP contribution in [0.3, 0.4) is 0 Å². The molecule has 1 aliphatic carbocycles. The van der Waals surface area contributed by atoms with Crippen molar-refractivity contribution in [3.05, 3.63) is 259 Å². The summed E-state index contributed by atoms with van der Waals surface area (Å²) in [5.74, 6) is 0.409. The van der Waals surface area contributed by atoms with E-state index in [-0.39, 0.29) is 11.8 Å². The molecule has 2 unspecified atom stereocenters. The minimum atomic E-state index is 0.179. The largest absolute Gasteiger partial charge is 0.313 e. The molecular weight excluding hydrogens is 761 g/mol. The van der Waals surface area contributed by atoms with E-state index in [0.29, 0.717) is 0 Å². The smallest absolute Gasteiger partial charge is 0.0538 e. The van der Waals surface area contributed by atoms with Gasteiger partial charge in [-0.3, -0.25) is 0 Å². The maximum atomic E-state index is 2.55. The first kappa shape index (κ1) is 36.9. The summed E-state index contributed by atoms with van der Waals surface area (Å²) in [5, 5.41) is 8.77. The van der Waals surface area contributed by atoms with Crippen molar-refractivity contribution >= 4 is 65.9 Å². The van der Waals surface area contributed by atoms with Crippen LogP contribution in [-0.4, -0.2) is 4.57 Å². The summed E-state index contributed by atoms with van der Waals surface area (Å²) in [6.45, 7) is 2.41. The summed E-state index contributed by atoms with van der Waals surface area (Å²) < 4.78 is 2.52. The Morgan fingerprint density at radius 1 is 0.397 bits per heavy atom. The molecule has 11 aromatic rings. The number of fused-ring (bicyclic) bond motifs is 7.